The van der Waals surface area contributed by atoms with Gasteiger partial charge in [-0.15, -0.1) is 0 Å². The largest absolute Gasteiger partial charge is 0.405 e. The predicted molar refractivity (Wildman–Crippen MR) is 189 cm³/mol. The fourth-order valence-corrected chi connectivity index (χ4v) is 9.45. The van der Waals surface area contributed by atoms with Crippen molar-refractivity contribution in [1.82, 2.24) is 4.90 Å². The molecule has 0 amide bonds. The molecule has 0 saturated heterocycles. The van der Waals surface area contributed by atoms with Crippen molar-refractivity contribution in [2.75, 3.05) is 133 Å². The second kappa shape index (κ2) is 26.2. The van der Waals surface area contributed by atoms with E-state index in [1.54, 1.807) is 0 Å². The maximum Gasteiger partial charge on any atom is 0.261 e. The zero-order valence-electron chi connectivity index (χ0n) is 29.6. The molecule has 0 aliphatic carbocycles. The summed E-state index contributed by atoms with van der Waals surface area (Å²) in [6.45, 7) is 17.0. The summed E-state index contributed by atoms with van der Waals surface area (Å²) in [5.41, 5.74) is 0. The molecule has 0 unspecified atom stereocenters. The number of rotatable bonds is 30. The Morgan fingerprint density at radius 3 is 0.979 bits per heavy atom. The molecule has 0 aromatic heterocycles. The van der Waals surface area contributed by atoms with E-state index < -0.39 is 8.32 Å². The van der Waals surface area contributed by atoms with Crippen LogP contribution < -0.4 is 10.4 Å². The van der Waals surface area contributed by atoms with Crippen molar-refractivity contribution in [3.8, 4) is 0 Å². The van der Waals surface area contributed by atoms with E-state index in [0.717, 1.165) is 13.2 Å². The second-order valence-electron chi connectivity index (χ2n) is 12.2. The van der Waals surface area contributed by atoms with E-state index in [0.29, 0.717) is 106 Å². The first-order chi connectivity index (χ1) is 22.9. The number of benzene rings is 2. The van der Waals surface area contributed by atoms with Gasteiger partial charge in [0, 0.05) is 6.54 Å². The Labute approximate surface area is 285 Å². The van der Waals surface area contributed by atoms with Crippen molar-refractivity contribution in [2.24, 2.45) is 0 Å². The number of likely N-dealkylation sites (N-methyl/N-ethyl adjacent to an activating group) is 1. The molecular formula is C36H61NO9Si. The van der Waals surface area contributed by atoms with Crippen LogP contribution in [0.5, 0.6) is 0 Å². The molecule has 2 rings (SSSR count). The highest BCUT2D eigenvalue weighted by Crippen LogP contribution is 2.36. The standard InChI is InChI=1S/C36H61NO9Si/c1-36(2,3)47(34-12-8-6-9-13-34,35-14-10-7-11-15-35)46-33-32-45-31-30-44-29-28-43-27-26-42-25-24-41-23-22-40-21-20-39-19-18-38-17-16-37(4)5/h6-15H,16-33H2,1-5H3. The van der Waals surface area contributed by atoms with Crippen molar-refractivity contribution >= 4 is 18.7 Å². The Balaban J connectivity index is 1.39. The minimum absolute atomic E-state index is 0.0502. The normalized spacial score (nSPS) is 12.3. The van der Waals surface area contributed by atoms with Crippen LogP contribution in [-0.2, 0) is 42.3 Å². The first kappa shape index (κ1) is 41.4. The van der Waals surface area contributed by atoms with Gasteiger partial charge in [0.25, 0.3) is 8.32 Å². The van der Waals surface area contributed by atoms with Gasteiger partial charge in [-0.05, 0) is 29.5 Å². The van der Waals surface area contributed by atoms with Crippen molar-refractivity contribution in [1.29, 1.82) is 0 Å². The van der Waals surface area contributed by atoms with Gasteiger partial charge in [0.2, 0.25) is 0 Å². The molecule has 0 heterocycles. The van der Waals surface area contributed by atoms with Crippen LogP contribution in [0.25, 0.3) is 0 Å². The van der Waals surface area contributed by atoms with Crippen molar-refractivity contribution in [3.63, 3.8) is 0 Å². The Bertz CT molecular complexity index is 940. The highest BCUT2D eigenvalue weighted by Gasteiger charge is 2.50. The molecule has 0 aliphatic heterocycles. The molecule has 0 saturated carbocycles. The average Bonchev–Trinajstić information content (AvgIpc) is 3.06. The van der Waals surface area contributed by atoms with Crippen LogP contribution >= 0.6 is 0 Å². The van der Waals surface area contributed by atoms with Gasteiger partial charge in [0.05, 0.1) is 112 Å². The lowest BCUT2D eigenvalue weighted by Crippen LogP contribution is -2.66. The van der Waals surface area contributed by atoms with E-state index >= 15 is 0 Å². The summed E-state index contributed by atoms with van der Waals surface area (Å²) >= 11 is 0. The molecule has 2 aromatic carbocycles. The lowest BCUT2D eigenvalue weighted by Gasteiger charge is -2.43. The van der Waals surface area contributed by atoms with Gasteiger partial charge in [-0.2, -0.15) is 0 Å². The number of hydrogen-bond donors (Lipinski definition) is 0. The van der Waals surface area contributed by atoms with Gasteiger partial charge in [-0.25, -0.2) is 0 Å². The highest BCUT2D eigenvalue weighted by molar-refractivity contribution is 6.99. The van der Waals surface area contributed by atoms with Crippen molar-refractivity contribution < 1.29 is 42.3 Å². The fraction of sp³-hybridized carbons (Fsp3) is 0.667. The topological polar surface area (TPSA) is 86.3 Å². The fourth-order valence-electron chi connectivity index (χ4n) is 4.90. The Kier molecular flexibility index (Phi) is 23.1. The summed E-state index contributed by atoms with van der Waals surface area (Å²) in [5, 5.41) is 2.49. The smallest absolute Gasteiger partial charge is 0.261 e. The maximum absolute atomic E-state index is 6.84. The molecule has 10 nitrogen and oxygen atoms in total. The number of hydrogen-bond acceptors (Lipinski definition) is 10. The molecular weight excluding hydrogens is 618 g/mol. The third kappa shape index (κ3) is 18.0. The minimum atomic E-state index is -2.53. The summed E-state index contributed by atoms with van der Waals surface area (Å²) in [5.74, 6) is 0. The lowest BCUT2D eigenvalue weighted by atomic mass is 10.2. The van der Waals surface area contributed by atoms with E-state index in [9.17, 15) is 0 Å². The molecule has 0 N–H and O–H groups in total. The third-order valence-electron chi connectivity index (χ3n) is 7.25. The molecule has 11 heteroatoms. The SMILES string of the molecule is CN(C)CCOCCOCCOCCOCCOCCOCCOCCOCCO[Si](c1ccccc1)(c1ccccc1)C(C)(C)C. The molecule has 2 aromatic rings. The quantitative estimate of drug-likeness (QED) is 0.0907. The molecule has 0 fully saturated rings. The minimum Gasteiger partial charge on any atom is -0.405 e. The summed E-state index contributed by atoms with van der Waals surface area (Å²) in [6, 6.07) is 21.3. The number of nitrogens with zero attached hydrogens (tertiary/aromatic N) is 1. The zero-order chi connectivity index (χ0) is 33.9. The highest BCUT2D eigenvalue weighted by atomic mass is 28.4. The first-order valence-corrected chi connectivity index (χ1v) is 18.8. The van der Waals surface area contributed by atoms with Crippen LogP contribution in [0.4, 0.5) is 0 Å². The summed E-state index contributed by atoms with van der Waals surface area (Å²) in [7, 11) is 1.52. The predicted octanol–water partition coefficient (Wildman–Crippen LogP) is 3.26. The van der Waals surface area contributed by atoms with Crippen LogP contribution in [0, 0.1) is 0 Å². The molecule has 0 spiro atoms. The van der Waals surface area contributed by atoms with Gasteiger partial charge >= 0.3 is 0 Å². The van der Waals surface area contributed by atoms with Gasteiger partial charge in [0.15, 0.2) is 0 Å². The van der Waals surface area contributed by atoms with Crippen molar-refractivity contribution in [3.05, 3.63) is 60.7 Å². The van der Waals surface area contributed by atoms with E-state index in [1.165, 1.54) is 10.4 Å². The average molecular weight is 680 g/mol. The third-order valence-corrected chi connectivity index (χ3v) is 12.3. The molecule has 47 heavy (non-hydrogen) atoms. The molecule has 268 valence electrons. The van der Waals surface area contributed by atoms with Crippen LogP contribution in [0.3, 0.4) is 0 Å². The van der Waals surface area contributed by atoms with E-state index in [4.69, 9.17) is 42.3 Å². The lowest BCUT2D eigenvalue weighted by molar-refractivity contribution is -0.0238. The maximum atomic E-state index is 6.84. The summed E-state index contributed by atoms with van der Waals surface area (Å²) in [4.78, 5) is 2.09. The Morgan fingerprint density at radius 1 is 0.426 bits per heavy atom. The van der Waals surface area contributed by atoms with Gasteiger partial charge in [-0.3, -0.25) is 0 Å². The van der Waals surface area contributed by atoms with Crippen LogP contribution in [0.1, 0.15) is 20.8 Å². The van der Waals surface area contributed by atoms with Gasteiger partial charge < -0.3 is 47.2 Å². The summed E-state index contributed by atoms with van der Waals surface area (Å²) in [6.07, 6.45) is 0. The van der Waals surface area contributed by atoms with E-state index in [2.05, 4.69) is 86.3 Å². The molecule has 0 radical (unpaired) electrons. The first-order valence-electron chi connectivity index (χ1n) is 16.9. The Hall–Kier alpha value is -1.74. The number of ether oxygens (including phenoxy) is 8. The second-order valence-corrected chi connectivity index (χ2v) is 16.5. The van der Waals surface area contributed by atoms with Crippen LogP contribution in [0.2, 0.25) is 5.04 Å². The zero-order valence-corrected chi connectivity index (χ0v) is 30.6. The molecule has 0 aliphatic rings. The Morgan fingerprint density at radius 2 is 0.702 bits per heavy atom. The van der Waals surface area contributed by atoms with Gasteiger partial charge in [0.1, 0.15) is 0 Å². The van der Waals surface area contributed by atoms with Crippen molar-refractivity contribution in [2.45, 2.75) is 25.8 Å². The summed E-state index contributed by atoms with van der Waals surface area (Å²) < 4.78 is 51.4. The van der Waals surface area contributed by atoms with Crippen LogP contribution in [-0.4, -0.2) is 146 Å². The van der Waals surface area contributed by atoms with E-state index in [-0.39, 0.29) is 5.04 Å². The van der Waals surface area contributed by atoms with Crippen LogP contribution in [0.15, 0.2) is 60.7 Å². The molecule has 0 atom stereocenters. The monoisotopic (exact) mass is 679 g/mol. The molecule has 0 bridgehead atoms. The van der Waals surface area contributed by atoms with Gasteiger partial charge in [-0.1, -0.05) is 81.4 Å². The van der Waals surface area contributed by atoms with E-state index in [1.807, 2.05) is 14.1 Å².